The normalized spacial score (nSPS) is 21.1. The molecule has 2 saturated heterocycles. The number of hydrogen-bond donors (Lipinski definition) is 1. The summed E-state index contributed by atoms with van der Waals surface area (Å²) in [5.41, 5.74) is 4.20. The van der Waals surface area contributed by atoms with Crippen LogP contribution in [0.5, 0.6) is 5.75 Å². The molecule has 474 valence electrons. The highest BCUT2D eigenvalue weighted by Gasteiger charge is 2.68. The smallest absolute Gasteiger partial charge is 0.313 e. The first-order valence-corrected chi connectivity index (χ1v) is 30.5. The molecule has 1 spiro atoms. The minimum atomic E-state index is -2.67. The van der Waals surface area contributed by atoms with Gasteiger partial charge in [0.2, 0.25) is 23.5 Å². The monoisotopic (exact) mass is 1210 g/mol. The van der Waals surface area contributed by atoms with Gasteiger partial charge in [-0.15, -0.1) is 5.10 Å². The van der Waals surface area contributed by atoms with E-state index in [2.05, 4.69) is 48.9 Å². The highest BCUT2D eigenvalue weighted by molar-refractivity contribution is 5.79. The van der Waals surface area contributed by atoms with Crippen LogP contribution in [0, 0.1) is 36.2 Å². The highest BCUT2D eigenvalue weighted by atomic mass is 19.3. The van der Waals surface area contributed by atoms with Crippen LogP contribution in [0.15, 0.2) is 48.7 Å². The Kier molecular flexibility index (Phi) is 24.3. The van der Waals surface area contributed by atoms with Crippen LogP contribution in [0.4, 0.5) is 22.0 Å². The Morgan fingerprint density at radius 3 is 1.94 bits per heavy atom. The number of fused-ring (bicyclic) bond motifs is 2. The van der Waals surface area contributed by atoms with Gasteiger partial charge < -0.3 is 57.4 Å². The summed E-state index contributed by atoms with van der Waals surface area (Å²) in [6.07, 6.45) is 8.51. The second-order valence-corrected chi connectivity index (χ2v) is 22.8. The van der Waals surface area contributed by atoms with E-state index in [1.807, 2.05) is 29.3 Å². The summed E-state index contributed by atoms with van der Waals surface area (Å²) >= 11 is 0. The van der Waals surface area contributed by atoms with E-state index >= 15 is 0 Å². The second-order valence-electron chi connectivity index (χ2n) is 22.8. The quantitative estimate of drug-likeness (QED) is 0.0206. The predicted molar refractivity (Wildman–Crippen MR) is 301 cm³/mol. The van der Waals surface area contributed by atoms with Crippen LogP contribution in [0.3, 0.4) is 0 Å². The molecule has 3 aliphatic heterocycles. The molecule has 2 aromatic heterocycles. The average Bonchev–Trinajstić information content (AvgIpc) is 1.52. The fraction of sp³-hybridized carbons (Fsp3) is 0.672. The molecule has 3 saturated carbocycles. The van der Waals surface area contributed by atoms with E-state index in [9.17, 15) is 36.3 Å². The SMILES string of the molecule is Cc1nc2c(n1C1CC3C4CCC3(C1)N4CC[C@H](NC(=O)C1CCC(F)(F)CC1)c1ccccc1)CCN(C(=O)CCc1cn(CCOCCOCCOCCOCCOCCOCCOCCOCCC(=O)Oc3c(F)cc(F)cc3F)nn1)C2. The number of benzene rings is 2. The third-order valence-electron chi connectivity index (χ3n) is 17.2. The molecule has 20 nitrogen and oxygen atoms in total. The van der Waals surface area contributed by atoms with Crippen LogP contribution < -0.4 is 10.1 Å². The number of esters is 1. The minimum absolute atomic E-state index is 0.0487. The molecule has 3 aliphatic carbocycles. The molecular weight excluding hydrogens is 1130 g/mol. The lowest BCUT2D eigenvalue weighted by Crippen LogP contribution is -2.64. The summed E-state index contributed by atoms with van der Waals surface area (Å²) in [6, 6.07) is 11.6. The largest absolute Gasteiger partial charge is 0.420 e. The van der Waals surface area contributed by atoms with Crippen LogP contribution in [-0.2, 0) is 78.2 Å². The van der Waals surface area contributed by atoms with Crippen molar-refractivity contribution in [3.8, 4) is 5.75 Å². The van der Waals surface area contributed by atoms with E-state index in [0.29, 0.717) is 148 Å². The van der Waals surface area contributed by atoms with Crippen molar-refractivity contribution in [2.24, 2.45) is 11.8 Å². The van der Waals surface area contributed by atoms with Gasteiger partial charge in [-0.05, 0) is 63.4 Å². The first kappa shape index (κ1) is 64.9. The van der Waals surface area contributed by atoms with Crippen molar-refractivity contribution in [1.82, 2.24) is 39.7 Å². The van der Waals surface area contributed by atoms with E-state index in [1.165, 1.54) is 18.5 Å². The van der Waals surface area contributed by atoms with Crippen molar-refractivity contribution < 1.29 is 79.0 Å². The van der Waals surface area contributed by atoms with Gasteiger partial charge in [-0.25, -0.2) is 31.6 Å². The molecule has 5 fully saturated rings. The molecule has 2 aromatic carbocycles. The van der Waals surface area contributed by atoms with Crippen molar-refractivity contribution in [2.75, 3.05) is 119 Å². The summed E-state index contributed by atoms with van der Waals surface area (Å²) in [4.78, 5) is 48.5. The number of ether oxygens (including phenoxy) is 9. The zero-order valence-corrected chi connectivity index (χ0v) is 49.3. The van der Waals surface area contributed by atoms with E-state index < -0.39 is 35.1 Å². The first-order valence-electron chi connectivity index (χ1n) is 30.5. The second kappa shape index (κ2) is 32.1. The Bertz CT molecular complexity index is 2770. The fourth-order valence-corrected chi connectivity index (χ4v) is 13.0. The van der Waals surface area contributed by atoms with Crippen molar-refractivity contribution >= 4 is 17.8 Å². The standard InChI is InChI=1S/C61H83F5N8O12/c1-43-67-53-42-71(18-13-55(53)74(43)48-39-49-54-11-15-60(49,40-48)73(54)19-12-52(44-5-3-2-4-6-44)68-59(77)45-9-16-61(65,66)17-10-45)56(75)8-7-47-41-72(70-69-47)20-22-79-24-26-81-28-30-83-32-34-85-36-35-84-33-31-82-29-27-80-25-23-78-21-14-57(76)86-58-50(63)37-46(62)38-51(58)64/h2-6,37-38,41,45,48-49,52,54H,7-36,39-40,42H2,1H3,(H,68,77)/t48?,49?,52-,54?,60?/m0/s1. The highest BCUT2D eigenvalue weighted by Crippen LogP contribution is 2.65. The van der Waals surface area contributed by atoms with Crippen molar-refractivity contribution in [1.29, 1.82) is 0 Å². The first-order chi connectivity index (χ1) is 41.8. The number of rotatable bonds is 38. The minimum Gasteiger partial charge on any atom is -0.420 e. The lowest BCUT2D eigenvalue weighted by atomic mass is 9.77. The van der Waals surface area contributed by atoms with E-state index in [1.54, 1.807) is 4.68 Å². The number of aryl methyl sites for hydroxylation is 2. The Hall–Kier alpha value is -5.51. The Balaban J connectivity index is 0.551. The average molecular weight is 1220 g/mol. The number of nitrogens with zero attached hydrogens (tertiary/aromatic N) is 7. The molecule has 2 amide bonds. The lowest BCUT2D eigenvalue weighted by Gasteiger charge is -2.55. The molecule has 5 atom stereocenters. The molecular formula is C61H83F5N8O12. The third kappa shape index (κ3) is 17.9. The molecule has 5 heterocycles. The molecule has 4 unspecified atom stereocenters. The summed E-state index contributed by atoms with van der Waals surface area (Å²) in [7, 11) is 0. The number of aromatic nitrogens is 5. The molecule has 0 radical (unpaired) electrons. The lowest BCUT2D eigenvalue weighted by molar-refractivity contribution is -0.136. The van der Waals surface area contributed by atoms with Crippen LogP contribution >= 0.6 is 0 Å². The summed E-state index contributed by atoms with van der Waals surface area (Å²) in [5, 5.41) is 11.8. The number of alkyl halides is 2. The van der Waals surface area contributed by atoms with Gasteiger partial charge in [0.15, 0.2) is 11.6 Å². The Morgan fingerprint density at radius 2 is 1.33 bits per heavy atom. The number of hydrogen-bond acceptors (Lipinski definition) is 16. The van der Waals surface area contributed by atoms with Gasteiger partial charge in [0.05, 0.1) is 143 Å². The zero-order chi connectivity index (χ0) is 60.3. The molecule has 25 heteroatoms. The molecule has 6 aliphatic rings. The predicted octanol–water partition coefficient (Wildman–Crippen LogP) is 7.09. The van der Waals surface area contributed by atoms with Gasteiger partial charge in [-0.2, -0.15) is 0 Å². The van der Waals surface area contributed by atoms with Gasteiger partial charge in [0.1, 0.15) is 11.6 Å². The maximum absolute atomic E-state index is 13.9. The van der Waals surface area contributed by atoms with Gasteiger partial charge >= 0.3 is 5.97 Å². The Morgan fingerprint density at radius 1 is 0.733 bits per heavy atom. The Labute approximate surface area is 498 Å². The number of carbonyl (C=O) groups excluding carboxylic acids is 3. The molecule has 86 heavy (non-hydrogen) atoms. The molecule has 1 N–H and O–H groups in total. The number of imidazole rings is 1. The number of amides is 2. The summed E-state index contributed by atoms with van der Waals surface area (Å²) < 4.78 is 121. The number of nitrogens with one attached hydrogen (secondary N) is 1. The molecule has 4 aromatic rings. The van der Waals surface area contributed by atoms with Gasteiger partial charge in [-0.1, -0.05) is 35.5 Å². The van der Waals surface area contributed by atoms with Crippen molar-refractivity contribution in [3.05, 3.63) is 94.6 Å². The van der Waals surface area contributed by atoms with Crippen LogP contribution in [-0.4, -0.2) is 188 Å². The third-order valence-corrected chi connectivity index (χ3v) is 17.2. The van der Waals surface area contributed by atoms with Gasteiger partial charge in [-0.3, -0.25) is 19.3 Å². The fourth-order valence-electron chi connectivity index (χ4n) is 13.0. The topological polar surface area (TPSA) is 201 Å². The van der Waals surface area contributed by atoms with E-state index in [0.717, 1.165) is 55.0 Å². The van der Waals surface area contributed by atoms with Crippen LogP contribution in [0.25, 0.3) is 0 Å². The number of carbonyl (C=O) groups is 3. The van der Waals surface area contributed by atoms with E-state index in [4.69, 9.17) is 42.9 Å². The summed E-state index contributed by atoms with van der Waals surface area (Å²) in [6.45, 7) is 10.3. The van der Waals surface area contributed by atoms with Gasteiger partial charge in [0, 0.05) is 92.8 Å². The molecule has 10 rings (SSSR count). The number of halogens is 5. The zero-order valence-electron chi connectivity index (χ0n) is 49.3. The van der Waals surface area contributed by atoms with Gasteiger partial charge in [0.25, 0.3) is 0 Å². The van der Waals surface area contributed by atoms with Crippen LogP contribution in [0.1, 0.15) is 111 Å². The van der Waals surface area contributed by atoms with Crippen LogP contribution in [0.2, 0.25) is 0 Å². The van der Waals surface area contributed by atoms with E-state index in [-0.39, 0.29) is 81.2 Å². The maximum Gasteiger partial charge on any atom is 0.313 e. The van der Waals surface area contributed by atoms with Crippen molar-refractivity contribution in [2.45, 2.75) is 133 Å². The molecule has 2 bridgehead atoms. The van der Waals surface area contributed by atoms with Crippen molar-refractivity contribution in [3.63, 3.8) is 0 Å². The maximum atomic E-state index is 13.9. The summed E-state index contributed by atoms with van der Waals surface area (Å²) in [5.74, 6) is -7.03.